The highest BCUT2D eigenvalue weighted by Gasteiger charge is 2.14. The summed E-state index contributed by atoms with van der Waals surface area (Å²) in [6, 6.07) is 12.6. The molecule has 0 aliphatic rings. The highest BCUT2D eigenvalue weighted by Crippen LogP contribution is 2.25. The summed E-state index contributed by atoms with van der Waals surface area (Å²) in [6.07, 6.45) is 0.639. The molecule has 0 aliphatic heterocycles. The third-order valence-electron chi connectivity index (χ3n) is 3.69. The van der Waals surface area contributed by atoms with Crippen LogP contribution in [0.2, 0.25) is 5.02 Å². The van der Waals surface area contributed by atoms with Crippen molar-refractivity contribution in [1.82, 2.24) is 5.32 Å². The molecule has 1 N–H and O–H groups in total. The molecule has 25 heavy (non-hydrogen) atoms. The number of ketones is 1. The number of Topliss-reactive ketones (excluding diaryl/α,β-unsaturated/α-hetero) is 1. The molecular formula is C19H20ClNO4. The number of amides is 1. The monoisotopic (exact) mass is 361 g/mol. The van der Waals surface area contributed by atoms with E-state index in [1.54, 1.807) is 25.3 Å². The lowest BCUT2D eigenvalue weighted by atomic mass is 10.1. The minimum Gasteiger partial charge on any atom is -0.497 e. The summed E-state index contributed by atoms with van der Waals surface area (Å²) in [5.74, 6) is 0.162. The van der Waals surface area contributed by atoms with E-state index in [0.29, 0.717) is 29.3 Å². The number of nitrogens with one attached hydrogen (secondary N) is 1. The Bertz CT molecular complexity index is 744. The fraction of sp³-hybridized carbons (Fsp3) is 0.263. The summed E-state index contributed by atoms with van der Waals surface area (Å²) in [5, 5.41) is 3.10. The number of carbonyl (C=O) groups excluding carboxylic acids is 2. The van der Waals surface area contributed by atoms with Gasteiger partial charge in [-0.15, -0.1) is 0 Å². The van der Waals surface area contributed by atoms with Gasteiger partial charge in [0.1, 0.15) is 11.5 Å². The van der Waals surface area contributed by atoms with E-state index in [4.69, 9.17) is 21.1 Å². The van der Waals surface area contributed by atoms with E-state index in [0.717, 1.165) is 11.3 Å². The number of hydrogen-bond donors (Lipinski definition) is 1. The van der Waals surface area contributed by atoms with Gasteiger partial charge in [-0.05, 0) is 41.8 Å². The molecule has 132 valence electrons. The predicted octanol–water partition coefficient (Wildman–Crippen LogP) is 2.83. The first-order chi connectivity index (χ1) is 12.0. The van der Waals surface area contributed by atoms with Gasteiger partial charge in [-0.1, -0.05) is 29.8 Å². The van der Waals surface area contributed by atoms with Crippen LogP contribution in [0.25, 0.3) is 0 Å². The number of halogens is 1. The van der Waals surface area contributed by atoms with Crippen LogP contribution in [-0.2, 0) is 22.4 Å². The lowest BCUT2D eigenvalue weighted by molar-refractivity contribution is -0.137. The van der Waals surface area contributed by atoms with E-state index in [1.807, 2.05) is 24.3 Å². The van der Waals surface area contributed by atoms with Crippen LogP contribution in [0.4, 0.5) is 0 Å². The Balaban J connectivity index is 1.82. The summed E-state index contributed by atoms with van der Waals surface area (Å²) < 4.78 is 10.2. The number of benzene rings is 2. The minimum atomic E-state index is -0.595. The number of methoxy groups -OCH3 is 2. The number of hydrogen-bond acceptors (Lipinski definition) is 4. The molecule has 2 rings (SSSR count). The highest BCUT2D eigenvalue weighted by molar-refractivity contribution is 6.36. The zero-order valence-corrected chi connectivity index (χ0v) is 14.9. The zero-order chi connectivity index (χ0) is 18.2. The van der Waals surface area contributed by atoms with Gasteiger partial charge in [-0.25, -0.2) is 0 Å². The van der Waals surface area contributed by atoms with Crippen LogP contribution in [0.5, 0.6) is 11.5 Å². The molecule has 0 spiro atoms. The van der Waals surface area contributed by atoms with Gasteiger partial charge in [-0.3, -0.25) is 9.59 Å². The van der Waals surface area contributed by atoms with Crippen molar-refractivity contribution in [3.05, 3.63) is 58.6 Å². The lowest BCUT2D eigenvalue weighted by Crippen LogP contribution is -2.33. The second-order valence-electron chi connectivity index (χ2n) is 5.42. The Morgan fingerprint density at radius 1 is 1.00 bits per heavy atom. The second-order valence-corrected chi connectivity index (χ2v) is 5.83. The van der Waals surface area contributed by atoms with E-state index < -0.39 is 11.7 Å². The molecule has 1 amide bonds. The van der Waals surface area contributed by atoms with Crippen molar-refractivity contribution in [2.45, 2.75) is 12.8 Å². The fourth-order valence-corrected chi connectivity index (χ4v) is 2.49. The van der Waals surface area contributed by atoms with Crippen molar-refractivity contribution in [2.75, 3.05) is 20.8 Å². The van der Waals surface area contributed by atoms with Gasteiger partial charge in [0.2, 0.25) is 5.78 Å². The normalized spacial score (nSPS) is 10.2. The zero-order valence-electron chi connectivity index (χ0n) is 14.2. The Hall–Kier alpha value is -2.53. The van der Waals surface area contributed by atoms with Crippen LogP contribution in [0.1, 0.15) is 11.1 Å². The maximum absolute atomic E-state index is 12.0. The van der Waals surface area contributed by atoms with Crippen LogP contribution >= 0.6 is 11.6 Å². The Kier molecular flexibility index (Phi) is 6.83. The Labute approximate surface area is 151 Å². The first kappa shape index (κ1) is 18.8. The van der Waals surface area contributed by atoms with Crippen molar-refractivity contribution in [1.29, 1.82) is 0 Å². The third-order valence-corrected chi connectivity index (χ3v) is 4.00. The molecule has 0 radical (unpaired) electrons. The summed E-state index contributed by atoms with van der Waals surface area (Å²) in [7, 11) is 3.11. The van der Waals surface area contributed by atoms with Gasteiger partial charge < -0.3 is 14.8 Å². The van der Waals surface area contributed by atoms with Crippen molar-refractivity contribution in [2.24, 2.45) is 0 Å². The van der Waals surface area contributed by atoms with Crippen molar-refractivity contribution in [3.63, 3.8) is 0 Å². The lowest BCUT2D eigenvalue weighted by Gasteiger charge is -2.07. The minimum absolute atomic E-state index is 0.00188. The number of rotatable bonds is 8. The summed E-state index contributed by atoms with van der Waals surface area (Å²) in [6.45, 7) is 0.390. The molecule has 0 fully saturated rings. The quantitative estimate of drug-likeness (QED) is 0.734. The van der Waals surface area contributed by atoms with Crippen LogP contribution < -0.4 is 14.8 Å². The van der Waals surface area contributed by atoms with E-state index in [1.165, 1.54) is 7.11 Å². The maximum Gasteiger partial charge on any atom is 0.287 e. The molecule has 0 aromatic heterocycles. The van der Waals surface area contributed by atoms with E-state index in [-0.39, 0.29) is 6.42 Å². The summed E-state index contributed by atoms with van der Waals surface area (Å²) >= 11 is 5.94. The van der Waals surface area contributed by atoms with Gasteiger partial charge in [0, 0.05) is 13.0 Å². The first-order valence-corrected chi connectivity index (χ1v) is 8.17. The molecule has 0 saturated heterocycles. The first-order valence-electron chi connectivity index (χ1n) is 7.80. The largest absolute Gasteiger partial charge is 0.497 e. The second kappa shape index (κ2) is 9.08. The standard InChI is InChI=1S/C19H20ClNO4/c1-24-15-6-3-13(4-7-15)9-10-21-19(23)17(22)11-14-5-8-16(20)18(12-14)25-2/h3-8,12H,9-11H2,1-2H3,(H,21,23). The fourth-order valence-electron chi connectivity index (χ4n) is 2.29. The number of carbonyl (C=O) groups is 2. The van der Waals surface area contributed by atoms with Gasteiger partial charge in [0.25, 0.3) is 5.91 Å². The molecule has 0 atom stereocenters. The van der Waals surface area contributed by atoms with E-state index in [9.17, 15) is 9.59 Å². The topological polar surface area (TPSA) is 64.6 Å². The van der Waals surface area contributed by atoms with Crippen molar-refractivity contribution < 1.29 is 19.1 Å². The summed E-state index contributed by atoms with van der Waals surface area (Å²) in [4.78, 5) is 23.9. The van der Waals surface area contributed by atoms with Gasteiger partial charge in [0.05, 0.1) is 19.2 Å². The molecule has 0 aliphatic carbocycles. The molecular weight excluding hydrogens is 342 g/mol. The van der Waals surface area contributed by atoms with Crippen molar-refractivity contribution >= 4 is 23.3 Å². The van der Waals surface area contributed by atoms with Crippen LogP contribution in [0.3, 0.4) is 0 Å². The van der Waals surface area contributed by atoms with Crippen molar-refractivity contribution in [3.8, 4) is 11.5 Å². The summed E-state index contributed by atoms with van der Waals surface area (Å²) in [5.41, 5.74) is 1.73. The average molecular weight is 362 g/mol. The molecule has 6 heteroatoms. The molecule has 2 aromatic rings. The molecule has 0 heterocycles. The smallest absolute Gasteiger partial charge is 0.287 e. The van der Waals surface area contributed by atoms with Crippen LogP contribution in [0.15, 0.2) is 42.5 Å². The third kappa shape index (κ3) is 5.50. The Morgan fingerprint density at radius 2 is 1.68 bits per heavy atom. The van der Waals surface area contributed by atoms with Crippen LogP contribution in [-0.4, -0.2) is 32.5 Å². The average Bonchev–Trinajstić information content (AvgIpc) is 2.63. The molecule has 0 bridgehead atoms. The molecule has 5 nitrogen and oxygen atoms in total. The SMILES string of the molecule is COc1ccc(CCNC(=O)C(=O)Cc2ccc(Cl)c(OC)c2)cc1. The maximum atomic E-state index is 12.0. The molecule has 2 aromatic carbocycles. The van der Waals surface area contributed by atoms with E-state index >= 15 is 0 Å². The van der Waals surface area contributed by atoms with Crippen LogP contribution in [0, 0.1) is 0 Å². The van der Waals surface area contributed by atoms with E-state index in [2.05, 4.69) is 5.32 Å². The molecule has 0 unspecified atom stereocenters. The highest BCUT2D eigenvalue weighted by atomic mass is 35.5. The van der Waals surface area contributed by atoms with Gasteiger partial charge in [-0.2, -0.15) is 0 Å². The molecule has 0 saturated carbocycles. The number of ether oxygens (including phenoxy) is 2. The Morgan fingerprint density at radius 3 is 2.32 bits per heavy atom. The van der Waals surface area contributed by atoms with Gasteiger partial charge in [0.15, 0.2) is 0 Å². The predicted molar refractivity (Wildman–Crippen MR) is 96.4 cm³/mol. The van der Waals surface area contributed by atoms with Gasteiger partial charge >= 0.3 is 0 Å².